The van der Waals surface area contributed by atoms with Crippen molar-refractivity contribution in [2.45, 2.75) is 24.8 Å². The molecule has 0 radical (unpaired) electrons. The van der Waals surface area contributed by atoms with Crippen molar-refractivity contribution < 1.29 is 17.3 Å². The first kappa shape index (κ1) is 20.8. The van der Waals surface area contributed by atoms with Gasteiger partial charge in [0.2, 0.25) is 0 Å². The summed E-state index contributed by atoms with van der Waals surface area (Å²) in [6, 6.07) is 14.1. The number of allylic oxidation sites excluding steroid dienone is 1. The van der Waals surface area contributed by atoms with Crippen molar-refractivity contribution in [1.29, 1.82) is 0 Å². The molecule has 0 amide bonds. The van der Waals surface area contributed by atoms with Crippen LogP contribution in [0.4, 0.5) is 0 Å². The summed E-state index contributed by atoms with van der Waals surface area (Å²) in [5.41, 5.74) is 2.62. The Balaban J connectivity index is 1.84. The summed E-state index contributed by atoms with van der Waals surface area (Å²) in [5, 5.41) is 0.830. The average molecular weight is 410 g/mol. The van der Waals surface area contributed by atoms with Crippen LogP contribution in [-0.4, -0.2) is 26.1 Å². The molecule has 0 bridgehead atoms. The van der Waals surface area contributed by atoms with Gasteiger partial charge < -0.3 is 4.74 Å². The topological polar surface area (TPSA) is 65.5 Å². The van der Waals surface area contributed by atoms with E-state index in [0.29, 0.717) is 5.75 Å². The van der Waals surface area contributed by atoms with Crippen LogP contribution in [0.2, 0.25) is 0 Å². The predicted octanol–water partition coefficient (Wildman–Crippen LogP) is 4.92. The van der Waals surface area contributed by atoms with Gasteiger partial charge in [-0.2, -0.15) is 8.42 Å². The van der Waals surface area contributed by atoms with E-state index in [4.69, 9.17) is 8.92 Å². The summed E-state index contributed by atoms with van der Waals surface area (Å²) in [4.78, 5) is 4.46. The molecule has 2 aromatic carbocycles. The van der Waals surface area contributed by atoms with Gasteiger partial charge in [-0.15, -0.1) is 0 Å². The molecule has 0 aliphatic rings. The van der Waals surface area contributed by atoms with Crippen LogP contribution in [0, 0.1) is 6.92 Å². The highest BCUT2D eigenvalue weighted by Gasteiger charge is 2.19. The summed E-state index contributed by atoms with van der Waals surface area (Å²) in [7, 11) is -3.89. The first-order valence-electron chi connectivity index (χ1n) is 9.20. The zero-order valence-corrected chi connectivity index (χ0v) is 17.2. The molecule has 3 aromatic rings. The lowest BCUT2D eigenvalue weighted by Gasteiger charge is -2.19. The Hall–Kier alpha value is -2.96. The maximum Gasteiger partial charge on any atom is 0.297 e. The molecule has 29 heavy (non-hydrogen) atoms. The van der Waals surface area contributed by atoms with E-state index >= 15 is 0 Å². The molecular weight excluding hydrogens is 386 g/mol. The lowest BCUT2D eigenvalue weighted by atomic mass is 10.1. The fourth-order valence-electron chi connectivity index (χ4n) is 2.82. The summed E-state index contributed by atoms with van der Waals surface area (Å²) < 4.78 is 36.3. The molecule has 1 heterocycles. The van der Waals surface area contributed by atoms with Crippen molar-refractivity contribution in [2.75, 3.05) is 6.61 Å². The van der Waals surface area contributed by atoms with Gasteiger partial charge in [-0.3, -0.25) is 9.17 Å². The van der Waals surface area contributed by atoms with Gasteiger partial charge in [-0.25, -0.2) is 0 Å². The number of nitrogens with zero attached hydrogens (tertiary/aromatic N) is 1. The van der Waals surface area contributed by atoms with E-state index in [1.165, 1.54) is 18.2 Å². The molecule has 1 aromatic heterocycles. The van der Waals surface area contributed by atoms with Gasteiger partial charge in [-0.1, -0.05) is 36.4 Å². The molecule has 0 spiro atoms. The molecule has 5 nitrogen and oxygen atoms in total. The van der Waals surface area contributed by atoms with Crippen LogP contribution < -0.4 is 4.74 Å². The summed E-state index contributed by atoms with van der Waals surface area (Å²) in [6.07, 6.45) is 6.41. The summed E-state index contributed by atoms with van der Waals surface area (Å²) in [5.74, 6) is 0.606. The molecule has 3 rings (SSSR count). The Morgan fingerprint density at radius 2 is 1.90 bits per heavy atom. The number of benzene rings is 2. The molecule has 0 aliphatic heterocycles. The lowest BCUT2D eigenvalue weighted by molar-refractivity contribution is 0.169. The monoisotopic (exact) mass is 409 g/mol. The van der Waals surface area contributed by atoms with Crippen molar-refractivity contribution in [1.82, 2.24) is 4.98 Å². The molecule has 6 heteroatoms. The minimum absolute atomic E-state index is 0.106. The highest BCUT2D eigenvalue weighted by atomic mass is 32.2. The Bertz CT molecular complexity index is 1140. The van der Waals surface area contributed by atoms with Crippen LogP contribution >= 0.6 is 0 Å². The minimum Gasteiger partial charge on any atom is -0.483 e. The molecule has 150 valence electrons. The first-order valence-corrected chi connectivity index (χ1v) is 10.6. The van der Waals surface area contributed by atoms with E-state index in [0.717, 1.165) is 22.0 Å². The summed E-state index contributed by atoms with van der Waals surface area (Å²) >= 11 is 0. The maximum absolute atomic E-state index is 12.5. The molecule has 0 aliphatic carbocycles. The number of ether oxygens (including phenoxy) is 1. The van der Waals surface area contributed by atoms with Gasteiger partial charge in [0.15, 0.2) is 0 Å². The number of aromatic nitrogens is 1. The van der Waals surface area contributed by atoms with Crippen molar-refractivity contribution in [3.05, 3.63) is 84.6 Å². The molecule has 1 atom stereocenters. The number of hydrogen-bond donors (Lipinski definition) is 0. The van der Waals surface area contributed by atoms with Crippen molar-refractivity contribution in [2.24, 2.45) is 0 Å². The second-order valence-corrected chi connectivity index (χ2v) is 8.11. The Morgan fingerprint density at radius 1 is 1.14 bits per heavy atom. The zero-order valence-electron chi connectivity index (χ0n) is 16.4. The third-order valence-electron chi connectivity index (χ3n) is 4.34. The SMILES string of the molecule is C=CC(COS(=O)(=O)c1ccc(C)cc1)Oc1c(/C=C/C)ccc2ncccc12. The van der Waals surface area contributed by atoms with Gasteiger partial charge in [0, 0.05) is 17.1 Å². The predicted molar refractivity (Wildman–Crippen MR) is 115 cm³/mol. The first-order chi connectivity index (χ1) is 13.9. The lowest BCUT2D eigenvalue weighted by Crippen LogP contribution is -2.23. The quantitative estimate of drug-likeness (QED) is 0.390. The molecular formula is C23H23NO4S. The third-order valence-corrected chi connectivity index (χ3v) is 5.64. The van der Waals surface area contributed by atoms with Gasteiger partial charge in [0.25, 0.3) is 10.1 Å². The normalized spacial score (nSPS) is 12.9. The van der Waals surface area contributed by atoms with Crippen LogP contribution in [0.25, 0.3) is 17.0 Å². The van der Waals surface area contributed by atoms with Crippen molar-refractivity contribution in [3.63, 3.8) is 0 Å². The number of aryl methyl sites for hydroxylation is 1. The molecule has 0 saturated carbocycles. The standard InChI is InChI=1S/C23H23NO4S/c1-4-7-18-11-14-22-21(8-6-15-24-22)23(18)28-19(5-2)16-27-29(25,26)20-12-9-17(3)10-13-20/h4-15,19H,2,16H2,1,3H3/b7-4+. The van der Waals surface area contributed by atoms with Crippen LogP contribution in [-0.2, 0) is 14.3 Å². The third kappa shape index (κ3) is 4.91. The van der Waals surface area contributed by atoms with Gasteiger partial charge in [0.05, 0.1) is 10.4 Å². The van der Waals surface area contributed by atoms with Crippen molar-refractivity contribution >= 4 is 27.1 Å². The smallest absolute Gasteiger partial charge is 0.297 e. The Labute approximate surface area is 171 Å². The number of hydrogen-bond acceptors (Lipinski definition) is 5. The maximum atomic E-state index is 12.5. The fourth-order valence-corrected chi connectivity index (χ4v) is 3.73. The molecule has 0 N–H and O–H groups in total. The minimum atomic E-state index is -3.89. The summed E-state index contributed by atoms with van der Waals surface area (Å²) in [6.45, 7) is 7.38. The van der Waals surface area contributed by atoms with Crippen LogP contribution in [0.1, 0.15) is 18.1 Å². The fraction of sp³-hybridized carbons (Fsp3) is 0.174. The van der Waals surface area contributed by atoms with Crippen molar-refractivity contribution in [3.8, 4) is 5.75 Å². The zero-order chi connectivity index (χ0) is 20.9. The Morgan fingerprint density at radius 3 is 2.59 bits per heavy atom. The van der Waals surface area contributed by atoms with Crippen LogP contribution in [0.5, 0.6) is 5.75 Å². The van der Waals surface area contributed by atoms with E-state index < -0.39 is 16.2 Å². The second kappa shape index (κ2) is 9.03. The average Bonchev–Trinajstić information content (AvgIpc) is 2.72. The number of rotatable bonds is 8. The van der Waals surface area contributed by atoms with E-state index in [1.807, 2.05) is 50.3 Å². The largest absolute Gasteiger partial charge is 0.483 e. The molecule has 0 saturated heterocycles. The number of fused-ring (bicyclic) bond motifs is 1. The second-order valence-electron chi connectivity index (χ2n) is 6.50. The van der Waals surface area contributed by atoms with Gasteiger partial charge in [0.1, 0.15) is 18.5 Å². The van der Waals surface area contributed by atoms with E-state index in [1.54, 1.807) is 18.3 Å². The van der Waals surface area contributed by atoms with Gasteiger partial charge in [-0.05, 0) is 56.3 Å². The molecule has 0 fully saturated rings. The molecule has 1 unspecified atom stereocenters. The highest BCUT2D eigenvalue weighted by Crippen LogP contribution is 2.31. The number of pyridine rings is 1. The van der Waals surface area contributed by atoms with E-state index in [9.17, 15) is 8.42 Å². The van der Waals surface area contributed by atoms with Crippen LogP contribution in [0.3, 0.4) is 0 Å². The van der Waals surface area contributed by atoms with E-state index in [-0.39, 0.29) is 11.5 Å². The van der Waals surface area contributed by atoms with Gasteiger partial charge >= 0.3 is 0 Å². The van der Waals surface area contributed by atoms with E-state index in [2.05, 4.69) is 11.6 Å². The highest BCUT2D eigenvalue weighted by molar-refractivity contribution is 7.86. The Kier molecular flexibility index (Phi) is 6.46. The van der Waals surface area contributed by atoms with Crippen LogP contribution in [0.15, 0.2) is 78.4 Å².